The maximum absolute atomic E-state index is 12.5. The monoisotopic (exact) mass is 414 g/mol. The number of thiophene rings is 1. The maximum Gasteiger partial charge on any atom is 0.294 e. The minimum atomic E-state index is -0.505. The predicted molar refractivity (Wildman–Crippen MR) is 102 cm³/mol. The van der Waals surface area contributed by atoms with Crippen LogP contribution in [0.25, 0.3) is 17.5 Å². The van der Waals surface area contributed by atoms with E-state index in [1.807, 2.05) is 17.5 Å². The van der Waals surface area contributed by atoms with Gasteiger partial charge in [0.2, 0.25) is 11.7 Å². The summed E-state index contributed by atoms with van der Waals surface area (Å²) in [6, 6.07) is 9.37. The molecule has 0 unspecified atom stereocenters. The predicted octanol–water partition coefficient (Wildman–Crippen LogP) is 3.94. The summed E-state index contributed by atoms with van der Waals surface area (Å²) < 4.78 is 5.13. The van der Waals surface area contributed by atoms with E-state index in [9.17, 15) is 19.7 Å². The summed E-state index contributed by atoms with van der Waals surface area (Å²) in [6.45, 7) is -0.146. The van der Waals surface area contributed by atoms with E-state index in [1.165, 1.54) is 35.6 Å². The molecule has 0 spiro atoms. The molecule has 3 aromatic rings. The lowest BCUT2D eigenvalue weighted by molar-refractivity contribution is -0.384. The van der Waals surface area contributed by atoms with Crippen molar-refractivity contribution in [3.05, 3.63) is 67.6 Å². The number of nitrogens with zero attached hydrogens (tertiary/aromatic N) is 4. The van der Waals surface area contributed by atoms with E-state index in [4.69, 9.17) is 4.52 Å². The molecule has 28 heavy (non-hydrogen) atoms. The van der Waals surface area contributed by atoms with Gasteiger partial charge in [-0.25, -0.2) is 0 Å². The number of benzene rings is 1. The number of non-ortho nitro benzene ring substituents is 1. The minimum absolute atomic E-state index is 0.0530. The number of rotatable bonds is 5. The molecule has 0 radical (unpaired) electrons. The van der Waals surface area contributed by atoms with Crippen LogP contribution >= 0.6 is 23.1 Å². The smallest absolute Gasteiger partial charge is 0.294 e. The Kier molecular flexibility index (Phi) is 4.75. The quantitative estimate of drug-likeness (QED) is 0.350. The average Bonchev–Trinajstić information content (AvgIpc) is 3.41. The van der Waals surface area contributed by atoms with Crippen LogP contribution in [-0.2, 0) is 11.3 Å². The lowest BCUT2D eigenvalue weighted by Crippen LogP contribution is -2.27. The Morgan fingerprint density at radius 1 is 1.21 bits per heavy atom. The maximum atomic E-state index is 12.5. The third kappa shape index (κ3) is 3.57. The van der Waals surface area contributed by atoms with E-state index in [2.05, 4.69) is 10.1 Å². The van der Waals surface area contributed by atoms with Crippen LogP contribution in [0.3, 0.4) is 0 Å². The molecule has 1 aliphatic rings. The van der Waals surface area contributed by atoms with Gasteiger partial charge in [-0.3, -0.25) is 24.6 Å². The second kappa shape index (κ2) is 7.37. The highest BCUT2D eigenvalue weighted by Crippen LogP contribution is 2.34. The van der Waals surface area contributed by atoms with Crippen LogP contribution < -0.4 is 0 Å². The molecular formula is C17H10N4O5S2. The second-order valence-corrected chi connectivity index (χ2v) is 7.57. The van der Waals surface area contributed by atoms with Crippen molar-refractivity contribution in [1.29, 1.82) is 0 Å². The van der Waals surface area contributed by atoms with Crippen LogP contribution in [0.5, 0.6) is 0 Å². The van der Waals surface area contributed by atoms with Crippen molar-refractivity contribution in [2.45, 2.75) is 6.54 Å². The number of carbonyl (C=O) groups excluding carboxylic acids is 2. The van der Waals surface area contributed by atoms with Crippen LogP contribution in [-0.4, -0.2) is 31.1 Å². The molecule has 0 saturated carbocycles. The van der Waals surface area contributed by atoms with Gasteiger partial charge in [-0.1, -0.05) is 11.2 Å². The number of amides is 2. The Morgan fingerprint density at radius 3 is 2.68 bits per heavy atom. The van der Waals surface area contributed by atoms with Gasteiger partial charge in [-0.05, 0) is 41.4 Å². The molecule has 0 aliphatic carbocycles. The fourth-order valence-corrected chi connectivity index (χ4v) is 4.00. The first-order valence-corrected chi connectivity index (χ1v) is 9.57. The summed E-state index contributed by atoms with van der Waals surface area (Å²) >= 11 is 2.33. The third-order valence-corrected chi connectivity index (χ3v) is 5.51. The summed E-state index contributed by atoms with van der Waals surface area (Å²) in [5, 5.41) is 16.0. The van der Waals surface area contributed by atoms with Crippen molar-refractivity contribution in [2.75, 3.05) is 0 Å². The zero-order chi connectivity index (χ0) is 19.7. The molecule has 9 nitrogen and oxygen atoms in total. The molecule has 140 valence electrons. The van der Waals surface area contributed by atoms with Gasteiger partial charge in [0.15, 0.2) is 0 Å². The molecular weight excluding hydrogens is 404 g/mol. The first kappa shape index (κ1) is 18.1. The van der Waals surface area contributed by atoms with Crippen LogP contribution in [0.2, 0.25) is 0 Å². The van der Waals surface area contributed by atoms with Crippen LogP contribution in [0.15, 0.2) is 51.2 Å². The van der Waals surface area contributed by atoms with Crippen LogP contribution in [0.1, 0.15) is 10.8 Å². The van der Waals surface area contributed by atoms with Crippen LogP contribution in [0, 0.1) is 10.1 Å². The Labute approximate surface area is 165 Å². The Morgan fingerprint density at radius 2 is 2.00 bits per heavy atom. The van der Waals surface area contributed by atoms with Gasteiger partial charge in [0.25, 0.3) is 16.8 Å². The van der Waals surface area contributed by atoms with Crippen molar-refractivity contribution in [3.8, 4) is 11.4 Å². The second-order valence-electron chi connectivity index (χ2n) is 5.60. The van der Waals surface area contributed by atoms with Crippen molar-refractivity contribution in [3.63, 3.8) is 0 Å². The Hall–Kier alpha value is -3.31. The van der Waals surface area contributed by atoms with Gasteiger partial charge in [-0.15, -0.1) is 11.3 Å². The molecule has 1 aromatic carbocycles. The average molecular weight is 414 g/mol. The van der Waals surface area contributed by atoms with Crippen LogP contribution in [0.4, 0.5) is 10.5 Å². The van der Waals surface area contributed by atoms with Gasteiger partial charge in [0.1, 0.15) is 6.54 Å². The third-order valence-electron chi connectivity index (χ3n) is 3.79. The van der Waals surface area contributed by atoms with Crippen molar-refractivity contribution >= 4 is 46.0 Å². The van der Waals surface area contributed by atoms with E-state index in [1.54, 1.807) is 6.08 Å². The molecule has 0 atom stereocenters. The summed E-state index contributed by atoms with van der Waals surface area (Å²) in [7, 11) is 0. The normalized spacial score (nSPS) is 15.6. The molecule has 1 saturated heterocycles. The molecule has 0 N–H and O–H groups in total. The first-order valence-electron chi connectivity index (χ1n) is 7.87. The molecule has 2 aromatic heterocycles. The van der Waals surface area contributed by atoms with Crippen molar-refractivity contribution in [1.82, 2.24) is 15.0 Å². The zero-order valence-electron chi connectivity index (χ0n) is 14.0. The van der Waals surface area contributed by atoms with E-state index in [-0.39, 0.29) is 23.9 Å². The number of hydrogen-bond acceptors (Lipinski definition) is 9. The topological polar surface area (TPSA) is 119 Å². The zero-order valence-corrected chi connectivity index (χ0v) is 15.6. The van der Waals surface area contributed by atoms with Crippen molar-refractivity contribution < 1.29 is 19.0 Å². The summed E-state index contributed by atoms with van der Waals surface area (Å²) in [5.74, 6) is -0.113. The first-order chi connectivity index (χ1) is 13.5. The van der Waals surface area contributed by atoms with Gasteiger partial charge in [-0.2, -0.15) is 4.98 Å². The molecule has 4 rings (SSSR count). The van der Waals surface area contributed by atoms with Crippen molar-refractivity contribution in [2.24, 2.45) is 0 Å². The summed E-state index contributed by atoms with van der Waals surface area (Å²) in [5.41, 5.74) is 0.468. The van der Waals surface area contributed by atoms with E-state index < -0.39 is 16.1 Å². The number of thioether (sulfide) groups is 1. The number of hydrogen-bond donors (Lipinski definition) is 0. The van der Waals surface area contributed by atoms with Gasteiger partial charge < -0.3 is 4.52 Å². The fourth-order valence-electron chi connectivity index (χ4n) is 2.44. The largest absolute Gasteiger partial charge is 0.337 e. The summed E-state index contributed by atoms with van der Waals surface area (Å²) in [4.78, 5) is 41.3. The molecule has 1 aliphatic heterocycles. The Balaban J connectivity index is 1.50. The minimum Gasteiger partial charge on any atom is -0.337 e. The molecule has 3 heterocycles. The summed E-state index contributed by atoms with van der Waals surface area (Å²) in [6.07, 6.45) is 1.67. The molecule has 1 fully saturated rings. The molecule has 0 bridgehead atoms. The van der Waals surface area contributed by atoms with Gasteiger partial charge >= 0.3 is 0 Å². The molecule has 11 heteroatoms. The highest BCUT2D eigenvalue weighted by Gasteiger charge is 2.36. The standard InChI is InChI=1S/C17H10N4O5S2/c22-16-13(8-12-2-1-7-27-12)28-17(23)20(16)9-14-18-15(19-26-14)10-3-5-11(6-4-10)21(24)25/h1-8H,9H2/b13-8-. The lowest BCUT2D eigenvalue weighted by atomic mass is 10.2. The number of aromatic nitrogens is 2. The van der Waals surface area contributed by atoms with Gasteiger partial charge in [0, 0.05) is 22.6 Å². The number of carbonyl (C=O) groups is 2. The highest BCUT2D eigenvalue weighted by atomic mass is 32.2. The number of nitro benzene ring substituents is 1. The Bertz CT molecular complexity index is 1090. The highest BCUT2D eigenvalue weighted by molar-refractivity contribution is 8.18. The fraction of sp³-hybridized carbons (Fsp3) is 0.0588. The van der Waals surface area contributed by atoms with Gasteiger partial charge in [0.05, 0.1) is 9.83 Å². The van der Waals surface area contributed by atoms with E-state index >= 15 is 0 Å². The lowest BCUT2D eigenvalue weighted by Gasteiger charge is -2.08. The molecule has 2 amide bonds. The van der Waals surface area contributed by atoms with E-state index in [0.29, 0.717) is 10.5 Å². The van der Waals surface area contributed by atoms with E-state index in [0.717, 1.165) is 21.5 Å². The number of imide groups is 1. The number of nitro groups is 1. The SMILES string of the molecule is O=C1S/C(=C\c2cccs2)C(=O)N1Cc1nc(-c2ccc([N+](=O)[O-])cc2)no1.